The van der Waals surface area contributed by atoms with Crippen molar-refractivity contribution in [2.75, 3.05) is 0 Å². The molecule has 0 saturated heterocycles. The van der Waals surface area contributed by atoms with Gasteiger partial charge in [0.1, 0.15) is 0 Å². The predicted molar refractivity (Wildman–Crippen MR) is 76.8 cm³/mol. The van der Waals surface area contributed by atoms with Crippen molar-refractivity contribution in [2.24, 2.45) is 5.92 Å². The Morgan fingerprint density at radius 2 is 1.75 bits per heavy atom. The molecule has 0 aromatic rings. The second-order valence-corrected chi connectivity index (χ2v) is 6.02. The molecule has 0 spiro atoms. The van der Waals surface area contributed by atoms with Crippen molar-refractivity contribution in [1.82, 2.24) is 0 Å². The third-order valence-corrected chi connectivity index (χ3v) is 4.49. The van der Waals surface area contributed by atoms with Crippen molar-refractivity contribution < 1.29 is 51.0 Å². The monoisotopic (exact) mass is 400 g/mol. The van der Waals surface area contributed by atoms with E-state index in [1.165, 1.54) is 16.1 Å². The molecule has 1 aliphatic heterocycles. The molecule has 0 fully saturated rings. The summed E-state index contributed by atoms with van der Waals surface area (Å²) in [6.07, 6.45) is 18.0. The summed E-state index contributed by atoms with van der Waals surface area (Å²) < 4.78 is 0. The number of thioether (sulfide) groups is 1. The van der Waals surface area contributed by atoms with E-state index in [2.05, 4.69) is 62.5 Å². The maximum absolute atomic E-state index is 2.39. The molecule has 2 aliphatic carbocycles. The molecule has 0 aromatic heterocycles. The fourth-order valence-electron chi connectivity index (χ4n) is 2.53. The Bertz CT molecular complexity index is 523. The maximum Gasteiger partial charge on any atom is 2.00 e. The quantitative estimate of drug-likeness (QED) is 0.511. The maximum atomic E-state index is 2.39. The molecule has 104 valence electrons. The van der Waals surface area contributed by atoms with Crippen molar-refractivity contribution >= 4 is 11.8 Å². The first-order chi connectivity index (χ1) is 8.25. The van der Waals surface area contributed by atoms with Crippen LogP contribution in [0.3, 0.4) is 0 Å². The van der Waals surface area contributed by atoms with Crippen LogP contribution in [0.2, 0.25) is 0 Å². The van der Waals surface area contributed by atoms with E-state index in [1.807, 2.05) is 11.8 Å². The number of hydrogen-bond acceptors (Lipinski definition) is 1. The molecule has 0 bridgehead atoms. The van der Waals surface area contributed by atoms with Gasteiger partial charge in [0.25, 0.3) is 0 Å². The third kappa shape index (κ3) is 3.92. The Morgan fingerprint density at radius 1 is 1.10 bits per heavy atom. The topological polar surface area (TPSA) is 0 Å². The Hall–Kier alpha value is 0.253. The van der Waals surface area contributed by atoms with Crippen LogP contribution in [0, 0.1) is 5.92 Å². The first-order valence-electron chi connectivity index (χ1n) is 6.05. The Balaban J connectivity index is 0.00000120. The van der Waals surface area contributed by atoms with E-state index in [0.29, 0.717) is 11.2 Å². The molecule has 0 radical (unpaired) electrons. The molecule has 1 atom stereocenters. The van der Waals surface area contributed by atoms with Crippen LogP contribution >= 0.6 is 11.8 Å². The zero-order valence-corrected chi connectivity index (χ0v) is 16.2. The molecular formula is C16H16Cl2SZr. The van der Waals surface area contributed by atoms with Crippen LogP contribution in [0.1, 0.15) is 13.8 Å². The van der Waals surface area contributed by atoms with Crippen molar-refractivity contribution in [3.63, 3.8) is 0 Å². The molecule has 0 saturated carbocycles. The minimum absolute atomic E-state index is 0. The van der Waals surface area contributed by atoms with E-state index in [4.69, 9.17) is 0 Å². The van der Waals surface area contributed by atoms with E-state index < -0.39 is 0 Å². The van der Waals surface area contributed by atoms with Gasteiger partial charge in [0.15, 0.2) is 0 Å². The number of fused-ring (bicyclic) bond motifs is 1. The van der Waals surface area contributed by atoms with Gasteiger partial charge in [-0.2, -0.15) is 0 Å². The summed E-state index contributed by atoms with van der Waals surface area (Å²) >= 11 is 1.98. The fourth-order valence-corrected chi connectivity index (χ4v) is 4.03. The Kier molecular flexibility index (Phi) is 8.75. The zero-order chi connectivity index (χ0) is 11.8. The second-order valence-electron chi connectivity index (χ2n) is 4.84. The molecule has 3 rings (SSSR count). The van der Waals surface area contributed by atoms with Crippen LogP contribution in [-0.2, 0) is 26.2 Å². The van der Waals surface area contributed by atoms with Gasteiger partial charge >= 0.3 is 26.2 Å². The zero-order valence-electron chi connectivity index (χ0n) is 11.4. The molecule has 3 aliphatic rings. The SMILES string of the molecule is CC(C)=CC1SC2=CC=CC2=C1C1C=CC=C1.[Cl-].[Cl-].[Zr+2]. The number of rotatable bonds is 2. The van der Waals surface area contributed by atoms with E-state index >= 15 is 0 Å². The van der Waals surface area contributed by atoms with Gasteiger partial charge in [-0.3, -0.25) is 0 Å². The molecule has 4 heteroatoms. The number of hydrogen-bond donors (Lipinski definition) is 0. The van der Waals surface area contributed by atoms with Gasteiger partial charge in [-0.1, -0.05) is 48.1 Å². The van der Waals surface area contributed by atoms with E-state index in [9.17, 15) is 0 Å². The minimum Gasteiger partial charge on any atom is -1.00 e. The molecule has 1 unspecified atom stereocenters. The van der Waals surface area contributed by atoms with Crippen LogP contribution in [0.25, 0.3) is 0 Å². The van der Waals surface area contributed by atoms with Crippen LogP contribution in [-0.4, -0.2) is 5.25 Å². The van der Waals surface area contributed by atoms with E-state index in [1.54, 1.807) is 5.57 Å². The van der Waals surface area contributed by atoms with Gasteiger partial charge in [0, 0.05) is 10.8 Å². The molecule has 0 aromatic carbocycles. The molecular weight excluding hydrogens is 386 g/mol. The molecule has 0 N–H and O–H groups in total. The van der Waals surface area contributed by atoms with Crippen LogP contribution in [0.5, 0.6) is 0 Å². The minimum atomic E-state index is 0. The van der Waals surface area contributed by atoms with Gasteiger partial charge < -0.3 is 24.8 Å². The third-order valence-electron chi connectivity index (χ3n) is 3.24. The predicted octanol–water partition coefficient (Wildman–Crippen LogP) is -1.43. The van der Waals surface area contributed by atoms with Crippen molar-refractivity contribution in [2.45, 2.75) is 19.1 Å². The first kappa shape index (κ1) is 20.3. The summed E-state index contributed by atoms with van der Waals surface area (Å²) in [4.78, 5) is 1.44. The Labute approximate surface area is 157 Å². The summed E-state index contributed by atoms with van der Waals surface area (Å²) in [7, 11) is 0. The van der Waals surface area contributed by atoms with Crippen molar-refractivity contribution in [3.8, 4) is 0 Å². The summed E-state index contributed by atoms with van der Waals surface area (Å²) in [5.41, 5.74) is 4.41. The second kappa shape index (κ2) is 8.64. The van der Waals surface area contributed by atoms with Crippen LogP contribution in [0.15, 0.2) is 70.2 Å². The van der Waals surface area contributed by atoms with Crippen molar-refractivity contribution in [3.05, 3.63) is 70.2 Å². The summed E-state index contributed by atoms with van der Waals surface area (Å²) in [5.74, 6) is 0.492. The Morgan fingerprint density at radius 3 is 2.35 bits per heavy atom. The summed E-state index contributed by atoms with van der Waals surface area (Å²) in [5, 5.41) is 0.517. The van der Waals surface area contributed by atoms with Crippen molar-refractivity contribution in [1.29, 1.82) is 0 Å². The van der Waals surface area contributed by atoms with Gasteiger partial charge in [-0.25, -0.2) is 0 Å². The normalized spacial score (nSPS) is 21.9. The number of halogens is 2. The summed E-state index contributed by atoms with van der Waals surface area (Å²) in [6.45, 7) is 4.36. The standard InChI is InChI=1S/C16H16S.2ClH.Zr/c1-11(2)10-15-16(12-6-3-4-7-12)13-8-5-9-14(13)17-15;;;/h3-10,12,15H,1-2H3;2*1H;/q;;;+2/p-2. The molecule has 20 heavy (non-hydrogen) atoms. The van der Waals surface area contributed by atoms with Crippen LogP contribution < -0.4 is 24.8 Å². The van der Waals surface area contributed by atoms with Crippen LogP contribution in [0.4, 0.5) is 0 Å². The van der Waals surface area contributed by atoms with Gasteiger partial charge in [0.2, 0.25) is 0 Å². The fraction of sp³-hybridized carbons (Fsp3) is 0.250. The average Bonchev–Trinajstić information content (AvgIpc) is 2.90. The molecule has 1 heterocycles. The first-order valence-corrected chi connectivity index (χ1v) is 6.93. The average molecular weight is 403 g/mol. The summed E-state index contributed by atoms with van der Waals surface area (Å²) in [6, 6.07) is 0. The molecule has 0 amide bonds. The number of allylic oxidation sites excluding steroid dienone is 9. The molecule has 0 nitrogen and oxygen atoms in total. The van der Waals surface area contributed by atoms with E-state index in [-0.39, 0.29) is 51.0 Å². The van der Waals surface area contributed by atoms with Gasteiger partial charge in [-0.05, 0) is 31.1 Å². The van der Waals surface area contributed by atoms with E-state index in [0.717, 1.165) is 0 Å². The smallest absolute Gasteiger partial charge is 1.00 e. The largest absolute Gasteiger partial charge is 2.00 e. The van der Waals surface area contributed by atoms with Gasteiger partial charge in [0.05, 0.1) is 5.25 Å². The van der Waals surface area contributed by atoms with Gasteiger partial charge in [-0.15, -0.1) is 11.8 Å².